The Labute approximate surface area is 120 Å². The number of hydrogen-bond donors (Lipinski definition) is 2. The summed E-state index contributed by atoms with van der Waals surface area (Å²) >= 11 is 7.59. The summed E-state index contributed by atoms with van der Waals surface area (Å²) in [6.45, 7) is 0. The molecule has 98 valence electrons. The Hall–Kier alpha value is -1.72. The first-order valence-electron chi connectivity index (χ1n) is 5.42. The van der Waals surface area contributed by atoms with Crippen LogP contribution in [0.15, 0.2) is 46.5 Å². The summed E-state index contributed by atoms with van der Waals surface area (Å²) in [6.07, 6.45) is 1.59. The van der Waals surface area contributed by atoms with Gasteiger partial charge in [-0.15, -0.1) is 0 Å². The lowest BCUT2D eigenvalue weighted by Crippen LogP contribution is -2.12. The average Bonchev–Trinajstić information content (AvgIpc) is 2.41. The Balaban J connectivity index is 2.33. The summed E-state index contributed by atoms with van der Waals surface area (Å²) in [5.74, 6) is 0.698. The molecule has 0 radical (unpaired) electrons. The van der Waals surface area contributed by atoms with Crippen LogP contribution < -0.4 is 10.5 Å². The molecule has 1 heterocycles. The molecular formula is C13H12ClN3OS. The van der Waals surface area contributed by atoms with Gasteiger partial charge in [-0.05, 0) is 24.3 Å². The van der Waals surface area contributed by atoms with E-state index in [-0.39, 0.29) is 5.84 Å². The van der Waals surface area contributed by atoms with Crippen LogP contribution in [0.1, 0.15) is 5.56 Å². The smallest absolute Gasteiger partial charge is 0.124 e. The van der Waals surface area contributed by atoms with Gasteiger partial charge in [-0.3, -0.25) is 5.41 Å². The maximum Gasteiger partial charge on any atom is 0.124 e. The number of hydrogen-bond acceptors (Lipinski definition) is 4. The molecule has 3 N–H and O–H groups in total. The number of amidine groups is 1. The van der Waals surface area contributed by atoms with Gasteiger partial charge in [0.1, 0.15) is 16.6 Å². The summed E-state index contributed by atoms with van der Waals surface area (Å²) in [7, 11) is 1.62. The monoisotopic (exact) mass is 293 g/mol. The summed E-state index contributed by atoms with van der Waals surface area (Å²) in [5, 5.41) is 8.46. The molecule has 4 nitrogen and oxygen atoms in total. The van der Waals surface area contributed by atoms with Crippen molar-refractivity contribution < 1.29 is 4.74 Å². The fourth-order valence-electron chi connectivity index (χ4n) is 1.48. The number of aromatic nitrogens is 1. The number of methoxy groups -OCH3 is 1. The van der Waals surface area contributed by atoms with E-state index in [0.717, 1.165) is 10.6 Å². The van der Waals surface area contributed by atoms with Crippen LogP contribution in [0.25, 0.3) is 0 Å². The predicted octanol–water partition coefficient (Wildman–Crippen LogP) is 3.18. The third-order valence-electron chi connectivity index (χ3n) is 2.40. The molecule has 0 saturated heterocycles. The molecule has 0 bridgehead atoms. The van der Waals surface area contributed by atoms with Gasteiger partial charge in [0.05, 0.1) is 12.1 Å². The third kappa shape index (κ3) is 3.19. The Kier molecular flexibility index (Phi) is 4.29. The van der Waals surface area contributed by atoms with Crippen LogP contribution in [-0.4, -0.2) is 17.9 Å². The highest BCUT2D eigenvalue weighted by atomic mass is 35.5. The van der Waals surface area contributed by atoms with Gasteiger partial charge in [0.15, 0.2) is 0 Å². The quantitative estimate of drug-likeness (QED) is 0.671. The van der Waals surface area contributed by atoms with Crippen molar-refractivity contribution in [3.05, 3.63) is 47.1 Å². The molecule has 0 unspecified atom stereocenters. The summed E-state index contributed by atoms with van der Waals surface area (Å²) in [6, 6.07) is 9.21. The zero-order valence-electron chi connectivity index (χ0n) is 10.2. The molecule has 0 aliphatic heterocycles. The van der Waals surface area contributed by atoms with Gasteiger partial charge in [0.25, 0.3) is 0 Å². The number of ether oxygens (including phenoxy) is 1. The predicted molar refractivity (Wildman–Crippen MR) is 77.4 cm³/mol. The van der Waals surface area contributed by atoms with Gasteiger partial charge in [0, 0.05) is 16.7 Å². The Morgan fingerprint density at radius 1 is 1.42 bits per heavy atom. The van der Waals surface area contributed by atoms with E-state index in [4.69, 9.17) is 27.5 Å². The number of halogens is 1. The molecule has 0 fully saturated rings. The number of benzene rings is 1. The molecule has 0 amide bonds. The van der Waals surface area contributed by atoms with Gasteiger partial charge in [0.2, 0.25) is 0 Å². The van der Waals surface area contributed by atoms with Crippen LogP contribution in [0.4, 0.5) is 0 Å². The van der Waals surface area contributed by atoms with Crippen LogP contribution in [0.5, 0.6) is 5.75 Å². The maximum atomic E-state index is 7.45. The van der Waals surface area contributed by atoms with Crippen LogP contribution in [0, 0.1) is 5.41 Å². The first-order valence-corrected chi connectivity index (χ1v) is 6.62. The highest BCUT2D eigenvalue weighted by Crippen LogP contribution is 2.34. The van der Waals surface area contributed by atoms with E-state index in [1.54, 1.807) is 19.4 Å². The Morgan fingerprint density at radius 3 is 2.89 bits per heavy atom. The minimum absolute atomic E-state index is 0.0695. The largest absolute Gasteiger partial charge is 0.497 e. The van der Waals surface area contributed by atoms with E-state index in [0.29, 0.717) is 15.6 Å². The minimum atomic E-state index is -0.0695. The first-order chi connectivity index (χ1) is 9.11. The van der Waals surface area contributed by atoms with Crippen molar-refractivity contribution in [3.63, 3.8) is 0 Å². The molecule has 1 aromatic carbocycles. The molecule has 0 saturated carbocycles. The van der Waals surface area contributed by atoms with Crippen LogP contribution >= 0.6 is 23.4 Å². The fourth-order valence-corrected chi connectivity index (χ4v) is 2.67. The van der Waals surface area contributed by atoms with E-state index in [1.807, 2.05) is 24.3 Å². The van der Waals surface area contributed by atoms with Gasteiger partial charge >= 0.3 is 0 Å². The highest BCUT2D eigenvalue weighted by Gasteiger charge is 2.11. The summed E-state index contributed by atoms with van der Waals surface area (Å²) in [5.41, 5.74) is 5.95. The number of nitrogens with one attached hydrogen (secondary N) is 1. The molecule has 0 spiro atoms. The SMILES string of the molecule is COc1cccc(Sc2nccc(C(=N)N)c2Cl)c1. The molecule has 19 heavy (non-hydrogen) atoms. The van der Waals surface area contributed by atoms with Crippen molar-refractivity contribution in [1.29, 1.82) is 5.41 Å². The average molecular weight is 294 g/mol. The zero-order valence-corrected chi connectivity index (χ0v) is 11.8. The van der Waals surface area contributed by atoms with Gasteiger partial charge in [-0.25, -0.2) is 4.98 Å². The number of rotatable bonds is 4. The second kappa shape index (κ2) is 5.95. The lowest BCUT2D eigenvalue weighted by atomic mass is 10.2. The van der Waals surface area contributed by atoms with Crippen LogP contribution in [-0.2, 0) is 0 Å². The second-order valence-electron chi connectivity index (χ2n) is 3.67. The van der Waals surface area contributed by atoms with Gasteiger partial charge < -0.3 is 10.5 Å². The Bertz CT molecular complexity index is 619. The molecule has 0 aliphatic carbocycles. The van der Waals surface area contributed by atoms with Crippen LogP contribution in [0.3, 0.4) is 0 Å². The molecule has 0 atom stereocenters. The van der Waals surface area contributed by atoms with Crippen molar-refractivity contribution in [2.75, 3.05) is 7.11 Å². The van der Waals surface area contributed by atoms with Crippen molar-refractivity contribution in [3.8, 4) is 5.75 Å². The zero-order chi connectivity index (χ0) is 13.8. The van der Waals surface area contributed by atoms with E-state index in [1.165, 1.54) is 11.8 Å². The molecule has 6 heteroatoms. The standard InChI is InChI=1S/C13H12ClN3OS/c1-18-8-3-2-4-9(7-8)19-13-11(14)10(12(15)16)5-6-17-13/h2-7H,1H3,(H3,15,16). The van der Waals surface area contributed by atoms with Crippen molar-refractivity contribution in [2.24, 2.45) is 5.73 Å². The number of nitrogen functional groups attached to an aromatic ring is 1. The van der Waals surface area contributed by atoms with Crippen molar-refractivity contribution in [2.45, 2.75) is 9.92 Å². The lowest BCUT2D eigenvalue weighted by molar-refractivity contribution is 0.413. The van der Waals surface area contributed by atoms with Crippen molar-refractivity contribution in [1.82, 2.24) is 4.98 Å². The summed E-state index contributed by atoms with van der Waals surface area (Å²) in [4.78, 5) is 5.16. The molecular weight excluding hydrogens is 282 g/mol. The molecule has 1 aromatic heterocycles. The van der Waals surface area contributed by atoms with E-state index >= 15 is 0 Å². The number of pyridine rings is 1. The van der Waals surface area contributed by atoms with Gasteiger partial charge in [-0.2, -0.15) is 0 Å². The first kappa shape index (κ1) is 13.7. The van der Waals surface area contributed by atoms with E-state index in [2.05, 4.69) is 4.98 Å². The minimum Gasteiger partial charge on any atom is -0.497 e. The topological polar surface area (TPSA) is 72.0 Å². The Morgan fingerprint density at radius 2 is 2.21 bits per heavy atom. The number of nitrogens with zero attached hydrogens (tertiary/aromatic N) is 1. The molecule has 0 aliphatic rings. The molecule has 2 aromatic rings. The van der Waals surface area contributed by atoms with E-state index in [9.17, 15) is 0 Å². The highest BCUT2D eigenvalue weighted by molar-refractivity contribution is 7.99. The van der Waals surface area contributed by atoms with Crippen molar-refractivity contribution >= 4 is 29.2 Å². The fraction of sp³-hybridized carbons (Fsp3) is 0.0769. The molecule has 2 rings (SSSR count). The van der Waals surface area contributed by atoms with Gasteiger partial charge in [-0.1, -0.05) is 29.4 Å². The lowest BCUT2D eigenvalue weighted by Gasteiger charge is -2.08. The normalized spacial score (nSPS) is 10.2. The van der Waals surface area contributed by atoms with Crippen LogP contribution in [0.2, 0.25) is 5.02 Å². The van der Waals surface area contributed by atoms with E-state index < -0.39 is 0 Å². The number of nitrogens with two attached hydrogens (primary N) is 1. The third-order valence-corrected chi connectivity index (χ3v) is 3.89. The second-order valence-corrected chi connectivity index (χ2v) is 5.11. The maximum absolute atomic E-state index is 7.45. The summed E-state index contributed by atoms with van der Waals surface area (Å²) < 4.78 is 5.16.